The molecule has 0 N–H and O–H groups in total. The van der Waals surface area contributed by atoms with Gasteiger partial charge < -0.3 is 37.6 Å². The summed E-state index contributed by atoms with van der Waals surface area (Å²) in [5, 5.41) is 2.13. The summed E-state index contributed by atoms with van der Waals surface area (Å²) in [5.74, 6) is 3.13. The maximum Gasteiger partial charge on any atom is 0.342 e. The Bertz CT molecular complexity index is 2900. The molecule has 0 radical (unpaired) electrons. The average Bonchev–Trinajstić information content (AvgIpc) is 3.79. The molecule has 0 spiro atoms. The molecule has 0 saturated carbocycles. The van der Waals surface area contributed by atoms with Crippen molar-refractivity contribution in [2.45, 2.75) is 106 Å². The molecule has 0 amide bonds. The van der Waals surface area contributed by atoms with Gasteiger partial charge in [0.05, 0.1) is 22.7 Å². The fourth-order valence-electron chi connectivity index (χ4n) is 10.5. The molecule has 0 fully saturated rings. The van der Waals surface area contributed by atoms with Crippen LogP contribution in [0, 0.1) is 27.7 Å². The van der Waals surface area contributed by atoms with Crippen molar-refractivity contribution in [2.75, 3.05) is 36.2 Å². The largest absolute Gasteiger partial charge is 0.486 e. The van der Waals surface area contributed by atoms with Crippen molar-refractivity contribution < 1.29 is 27.8 Å². The lowest BCUT2D eigenvalue weighted by Gasteiger charge is -2.43. The van der Waals surface area contributed by atoms with E-state index in [2.05, 4.69) is 160 Å². The molecule has 322 valence electrons. The highest BCUT2D eigenvalue weighted by molar-refractivity contribution is 6.99. The minimum Gasteiger partial charge on any atom is -0.486 e. The van der Waals surface area contributed by atoms with E-state index in [9.17, 15) is 0 Å². The maximum atomic E-state index is 7.33. The Labute approximate surface area is 371 Å². The second-order valence-electron chi connectivity index (χ2n) is 21.2. The molecule has 7 aromatic rings. The Kier molecular flexibility index (Phi) is 8.41. The first kappa shape index (κ1) is 39.9. The lowest BCUT2D eigenvalue weighted by Crippen LogP contribution is -2.60. The third-order valence-electron chi connectivity index (χ3n) is 13.8. The third kappa shape index (κ3) is 5.80. The minimum atomic E-state index is -0.367. The van der Waals surface area contributed by atoms with Crippen LogP contribution in [0.4, 0.5) is 34.1 Å². The molecule has 9 heteroatoms. The fourth-order valence-corrected chi connectivity index (χ4v) is 10.5. The number of aryl methyl sites for hydroxylation is 2. The van der Waals surface area contributed by atoms with E-state index in [1.165, 1.54) is 16.7 Å². The molecular weight excluding hydrogens is 783 g/mol. The summed E-state index contributed by atoms with van der Waals surface area (Å²) >= 11 is 0. The van der Waals surface area contributed by atoms with E-state index in [0.717, 1.165) is 118 Å². The van der Waals surface area contributed by atoms with Crippen LogP contribution >= 0.6 is 0 Å². The molecule has 0 atom stereocenters. The van der Waals surface area contributed by atoms with E-state index in [1.54, 1.807) is 0 Å². The van der Waals surface area contributed by atoms with Gasteiger partial charge in [0, 0.05) is 33.3 Å². The van der Waals surface area contributed by atoms with Gasteiger partial charge in [-0.25, -0.2) is 0 Å². The second-order valence-corrected chi connectivity index (χ2v) is 21.2. The van der Waals surface area contributed by atoms with Gasteiger partial charge in [-0.3, -0.25) is 0 Å². The van der Waals surface area contributed by atoms with Crippen LogP contribution in [0.15, 0.2) is 69.5 Å². The predicted octanol–water partition coefficient (Wildman–Crippen LogP) is 11.9. The Hall–Kier alpha value is -5.96. The molecule has 0 bridgehead atoms. The molecular formula is C54H57BN2O6. The zero-order chi connectivity index (χ0) is 44.2. The molecule has 0 unspecified atom stereocenters. The molecule has 2 aromatic heterocycles. The quantitative estimate of drug-likeness (QED) is 0.159. The van der Waals surface area contributed by atoms with Crippen molar-refractivity contribution in [1.29, 1.82) is 0 Å². The minimum absolute atomic E-state index is 0.0908. The van der Waals surface area contributed by atoms with Gasteiger partial charge in [-0.15, -0.1) is 0 Å². The summed E-state index contributed by atoms with van der Waals surface area (Å²) in [7, 11) is 0. The van der Waals surface area contributed by atoms with Gasteiger partial charge in [-0.05, 0) is 126 Å². The van der Waals surface area contributed by atoms with Crippen molar-refractivity contribution in [3.63, 3.8) is 0 Å². The van der Waals surface area contributed by atoms with Crippen molar-refractivity contribution in [2.24, 2.45) is 0 Å². The molecule has 0 aliphatic carbocycles. The first-order valence-corrected chi connectivity index (χ1v) is 22.5. The highest BCUT2D eigenvalue weighted by atomic mass is 16.6. The van der Waals surface area contributed by atoms with E-state index >= 15 is 0 Å². The molecule has 6 heterocycles. The summed E-state index contributed by atoms with van der Waals surface area (Å²) in [6.07, 6.45) is 0. The van der Waals surface area contributed by atoms with Gasteiger partial charge in [0.1, 0.15) is 48.9 Å². The van der Waals surface area contributed by atoms with Crippen LogP contribution in [0.1, 0.15) is 101 Å². The summed E-state index contributed by atoms with van der Waals surface area (Å²) in [6, 6.07) is 22.6. The summed E-state index contributed by atoms with van der Waals surface area (Å²) in [4.78, 5) is 4.96. The van der Waals surface area contributed by atoms with Crippen LogP contribution < -0.4 is 45.5 Å². The molecule has 5 aromatic carbocycles. The average molecular weight is 841 g/mol. The van der Waals surface area contributed by atoms with Gasteiger partial charge in [0.25, 0.3) is 0 Å². The number of rotatable bonds is 2. The number of hydrogen-bond donors (Lipinski definition) is 0. The highest BCUT2D eigenvalue weighted by Crippen LogP contribution is 2.55. The van der Waals surface area contributed by atoms with Crippen molar-refractivity contribution in [1.82, 2.24) is 0 Å². The van der Waals surface area contributed by atoms with Crippen molar-refractivity contribution in [3.8, 4) is 23.0 Å². The van der Waals surface area contributed by atoms with E-state index in [0.29, 0.717) is 26.4 Å². The Morgan fingerprint density at radius 1 is 0.460 bits per heavy atom. The Balaban J connectivity index is 1.33. The van der Waals surface area contributed by atoms with Gasteiger partial charge in [0.2, 0.25) is 0 Å². The SMILES string of the molecule is Cc1cc2c(c(C)c1N1c3cc(C(C)(C)C)cc4c3B(c3oc5ccc(C(C)(C)C)cc5c31)c1oc3ccc(C(C)(C)C)cc3c1N4c1c(C)cc3c(c1C)OCCO3)OCCO2. The normalized spacial score (nSPS) is 15.5. The number of ether oxygens (including phenoxy) is 4. The first-order valence-electron chi connectivity index (χ1n) is 22.5. The van der Waals surface area contributed by atoms with E-state index in [1.807, 2.05) is 0 Å². The third-order valence-corrected chi connectivity index (χ3v) is 13.8. The maximum absolute atomic E-state index is 7.33. The summed E-state index contributed by atoms with van der Waals surface area (Å²) < 4.78 is 40.0. The zero-order valence-corrected chi connectivity index (χ0v) is 39.0. The lowest BCUT2D eigenvalue weighted by molar-refractivity contribution is 0.170. The highest BCUT2D eigenvalue weighted by Gasteiger charge is 2.51. The van der Waals surface area contributed by atoms with Crippen LogP contribution in [-0.4, -0.2) is 33.1 Å². The number of nitrogens with zero attached hydrogens (tertiary/aromatic N) is 2. The number of furan rings is 2. The summed E-state index contributed by atoms with van der Waals surface area (Å²) in [5.41, 5.74) is 18.3. The van der Waals surface area contributed by atoms with Gasteiger partial charge in [-0.2, -0.15) is 0 Å². The predicted molar refractivity (Wildman–Crippen MR) is 257 cm³/mol. The molecule has 11 rings (SSSR count). The van der Waals surface area contributed by atoms with Gasteiger partial charge in [0.15, 0.2) is 23.0 Å². The molecule has 4 aliphatic heterocycles. The van der Waals surface area contributed by atoms with Crippen LogP contribution in [0.5, 0.6) is 23.0 Å². The molecule has 63 heavy (non-hydrogen) atoms. The molecule has 8 nitrogen and oxygen atoms in total. The zero-order valence-electron chi connectivity index (χ0n) is 39.0. The number of fused-ring (bicyclic) bond motifs is 10. The number of hydrogen-bond acceptors (Lipinski definition) is 8. The lowest BCUT2D eigenvalue weighted by atomic mass is 9.37. The fraction of sp³-hybridized carbons (Fsp3) is 0.370. The standard InChI is InChI=1S/C54H57BN2O6/c1-28-22-41-48(60-20-18-58-41)30(3)44(28)56-37-26-34(54(11,12)13)27-38-43(37)55(50-46(56)35-24-32(52(5,6)7)14-16-39(35)62-50)51-47(36-25-33(53(8,9)10)15-17-40(36)63-51)57(38)45-29(2)23-42-49(31(45)4)61-21-19-59-42/h14-17,22-27H,18-21H2,1-13H3. The second kappa shape index (κ2) is 13.3. The van der Waals surface area contributed by atoms with E-state index in [4.69, 9.17) is 27.8 Å². The van der Waals surface area contributed by atoms with E-state index in [-0.39, 0.29) is 23.0 Å². The van der Waals surface area contributed by atoms with Crippen LogP contribution in [0.25, 0.3) is 21.9 Å². The number of anilines is 6. The Morgan fingerprint density at radius 2 is 0.857 bits per heavy atom. The van der Waals surface area contributed by atoms with Crippen LogP contribution in [0.2, 0.25) is 0 Å². The topological polar surface area (TPSA) is 69.7 Å². The van der Waals surface area contributed by atoms with Gasteiger partial charge in [-0.1, -0.05) is 74.4 Å². The molecule has 0 saturated heterocycles. The van der Waals surface area contributed by atoms with Crippen LogP contribution in [0.3, 0.4) is 0 Å². The van der Waals surface area contributed by atoms with Crippen molar-refractivity contribution in [3.05, 3.63) is 99.6 Å². The monoisotopic (exact) mass is 840 g/mol. The first-order chi connectivity index (χ1) is 29.8. The molecule has 4 aliphatic rings. The van der Waals surface area contributed by atoms with Gasteiger partial charge >= 0.3 is 6.71 Å². The van der Waals surface area contributed by atoms with Crippen molar-refractivity contribution >= 4 is 79.6 Å². The smallest absolute Gasteiger partial charge is 0.342 e. The van der Waals surface area contributed by atoms with E-state index < -0.39 is 0 Å². The van der Waals surface area contributed by atoms with Crippen LogP contribution in [-0.2, 0) is 16.2 Å². The summed E-state index contributed by atoms with van der Waals surface area (Å²) in [6.45, 7) is 31.0. The Morgan fingerprint density at radius 3 is 1.25 bits per heavy atom. The number of benzene rings is 5.